The number of amides is 3. The standard InChI is InChI=1S/C20H36N4O6/c1-11(2)8-13(21)17(26)23-15(10-25)19(28)24-7-5-6-16(24)18(27)22-14(20(29)30)9-12(3)4/h11-16,25H,5-10,21H2,1-4H3,(H,22,27)(H,23,26)(H,29,30). The number of nitrogens with one attached hydrogen (secondary N) is 2. The van der Waals surface area contributed by atoms with E-state index in [0.29, 0.717) is 19.3 Å². The van der Waals surface area contributed by atoms with Gasteiger partial charge in [-0.25, -0.2) is 4.79 Å². The number of hydrogen-bond donors (Lipinski definition) is 5. The van der Waals surface area contributed by atoms with Crippen LogP contribution >= 0.6 is 0 Å². The lowest BCUT2D eigenvalue weighted by Crippen LogP contribution is -2.57. The fourth-order valence-electron chi connectivity index (χ4n) is 3.54. The second-order valence-electron chi connectivity index (χ2n) is 8.70. The van der Waals surface area contributed by atoms with E-state index in [1.165, 1.54) is 4.90 Å². The second-order valence-corrected chi connectivity index (χ2v) is 8.70. The predicted octanol–water partition coefficient (Wildman–Crippen LogP) is -0.557. The van der Waals surface area contributed by atoms with Crippen molar-refractivity contribution in [2.24, 2.45) is 17.6 Å². The van der Waals surface area contributed by atoms with E-state index in [9.17, 15) is 29.4 Å². The van der Waals surface area contributed by atoms with Gasteiger partial charge in [-0.15, -0.1) is 0 Å². The van der Waals surface area contributed by atoms with Crippen LogP contribution in [0.25, 0.3) is 0 Å². The molecule has 0 saturated carbocycles. The minimum atomic E-state index is -1.21. The molecule has 1 aliphatic rings. The van der Waals surface area contributed by atoms with Crippen molar-refractivity contribution in [1.82, 2.24) is 15.5 Å². The van der Waals surface area contributed by atoms with Crippen molar-refractivity contribution in [1.29, 1.82) is 0 Å². The third-order valence-corrected chi connectivity index (χ3v) is 5.02. The highest BCUT2D eigenvalue weighted by atomic mass is 16.4. The van der Waals surface area contributed by atoms with Crippen molar-refractivity contribution < 1.29 is 29.4 Å². The zero-order valence-corrected chi connectivity index (χ0v) is 18.3. The molecule has 0 aromatic heterocycles. The number of nitrogens with zero attached hydrogens (tertiary/aromatic N) is 1. The lowest BCUT2D eigenvalue weighted by molar-refractivity contribution is -0.145. The molecule has 1 saturated heterocycles. The first-order valence-electron chi connectivity index (χ1n) is 10.5. The molecular formula is C20H36N4O6. The van der Waals surface area contributed by atoms with Gasteiger partial charge >= 0.3 is 5.97 Å². The van der Waals surface area contributed by atoms with E-state index in [4.69, 9.17) is 5.73 Å². The van der Waals surface area contributed by atoms with E-state index in [-0.39, 0.29) is 24.8 Å². The summed E-state index contributed by atoms with van der Waals surface area (Å²) in [5.74, 6) is -2.55. The number of carbonyl (C=O) groups is 4. The summed E-state index contributed by atoms with van der Waals surface area (Å²) in [4.78, 5) is 50.5. The maximum atomic E-state index is 12.9. The highest BCUT2D eigenvalue weighted by Crippen LogP contribution is 2.19. The predicted molar refractivity (Wildman–Crippen MR) is 110 cm³/mol. The van der Waals surface area contributed by atoms with E-state index in [2.05, 4.69) is 10.6 Å². The molecule has 0 spiro atoms. The Balaban J connectivity index is 2.82. The van der Waals surface area contributed by atoms with Gasteiger partial charge < -0.3 is 31.5 Å². The number of hydrogen-bond acceptors (Lipinski definition) is 6. The van der Waals surface area contributed by atoms with Crippen molar-refractivity contribution in [3.05, 3.63) is 0 Å². The van der Waals surface area contributed by atoms with Crippen LogP contribution < -0.4 is 16.4 Å². The van der Waals surface area contributed by atoms with Gasteiger partial charge in [-0.3, -0.25) is 14.4 Å². The van der Waals surface area contributed by atoms with Crippen LogP contribution in [0.2, 0.25) is 0 Å². The Morgan fingerprint density at radius 2 is 1.63 bits per heavy atom. The van der Waals surface area contributed by atoms with Crippen molar-refractivity contribution in [3.63, 3.8) is 0 Å². The Bertz CT molecular complexity index is 624. The van der Waals surface area contributed by atoms with E-state index in [0.717, 1.165) is 0 Å². The number of aliphatic carboxylic acids is 1. The fourth-order valence-corrected chi connectivity index (χ4v) is 3.54. The maximum Gasteiger partial charge on any atom is 0.326 e. The first kappa shape index (κ1) is 25.8. The molecule has 1 aliphatic heterocycles. The molecule has 0 bridgehead atoms. The van der Waals surface area contributed by atoms with Crippen LogP contribution in [-0.2, 0) is 19.2 Å². The molecule has 1 rings (SSSR count). The summed E-state index contributed by atoms with van der Waals surface area (Å²) in [6, 6.07) is -3.91. The minimum absolute atomic E-state index is 0.0664. The molecule has 0 aromatic rings. The minimum Gasteiger partial charge on any atom is -0.480 e. The summed E-state index contributed by atoms with van der Waals surface area (Å²) in [7, 11) is 0. The zero-order valence-electron chi connectivity index (χ0n) is 18.3. The number of carboxylic acids is 1. The molecule has 4 unspecified atom stereocenters. The number of aliphatic hydroxyl groups excluding tert-OH is 1. The van der Waals surface area contributed by atoms with Crippen LogP contribution in [0.1, 0.15) is 53.4 Å². The summed E-state index contributed by atoms with van der Waals surface area (Å²) < 4.78 is 0. The highest BCUT2D eigenvalue weighted by Gasteiger charge is 2.39. The molecule has 10 heteroatoms. The Kier molecular flexibility index (Phi) is 10.2. The molecule has 10 nitrogen and oxygen atoms in total. The summed E-state index contributed by atoms with van der Waals surface area (Å²) in [6.45, 7) is 7.19. The third-order valence-electron chi connectivity index (χ3n) is 5.02. The van der Waals surface area contributed by atoms with Gasteiger partial charge in [0.25, 0.3) is 0 Å². The fraction of sp³-hybridized carbons (Fsp3) is 0.800. The van der Waals surface area contributed by atoms with E-state index >= 15 is 0 Å². The number of aliphatic hydroxyl groups is 1. The summed E-state index contributed by atoms with van der Waals surface area (Å²) in [6.07, 6.45) is 1.64. The van der Waals surface area contributed by atoms with Crippen LogP contribution in [0.15, 0.2) is 0 Å². The van der Waals surface area contributed by atoms with Gasteiger partial charge in [0.05, 0.1) is 12.6 Å². The van der Waals surface area contributed by atoms with Crippen LogP contribution in [0, 0.1) is 11.8 Å². The average Bonchev–Trinajstić information content (AvgIpc) is 3.13. The van der Waals surface area contributed by atoms with Crippen LogP contribution in [0.4, 0.5) is 0 Å². The quantitative estimate of drug-likeness (QED) is 0.295. The summed E-state index contributed by atoms with van der Waals surface area (Å²) in [5.41, 5.74) is 5.83. The Hall–Kier alpha value is -2.20. The van der Waals surface area contributed by atoms with Gasteiger partial charge in [0, 0.05) is 6.54 Å². The topological polar surface area (TPSA) is 162 Å². The Morgan fingerprint density at radius 3 is 2.13 bits per heavy atom. The number of likely N-dealkylation sites (tertiary alicyclic amines) is 1. The molecular weight excluding hydrogens is 392 g/mol. The molecule has 6 N–H and O–H groups in total. The normalized spacial score (nSPS) is 19.5. The van der Waals surface area contributed by atoms with Gasteiger partial charge in [0.15, 0.2) is 0 Å². The van der Waals surface area contributed by atoms with E-state index in [1.54, 1.807) is 0 Å². The Morgan fingerprint density at radius 1 is 1.03 bits per heavy atom. The molecule has 0 radical (unpaired) electrons. The number of nitrogens with two attached hydrogens (primary N) is 1. The average molecular weight is 429 g/mol. The van der Waals surface area contributed by atoms with Gasteiger partial charge in [-0.05, 0) is 37.5 Å². The molecule has 172 valence electrons. The van der Waals surface area contributed by atoms with E-state index < -0.39 is 54.5 Å². The monoisotopic (exact) mass is 428 g/mol. The van der Waals surface area contributed by atoms with E-state index in [1.807, 2.05) is 27.7 Å². The summed E-state index contributed by atoms with van der Waals surface area (Å²) >= 11 is 0. The molecule has 0 aliphatic carbocycles. The van der Waals surface area contributed by atoms with Crippen LogP contribution in [0.5, 0.6) is 0 Å². The lowest BCUT2D eigenvalue weighted by Gasteiger charge is -2.29. The number of rotatable bonds is 11. The second kappa shape index (κ2) is 11.8. The molecule has 0 aromatic carbocycles. The van der Waals surface area contributed by atoms with Crippen molar-refractivity contribution in [2.45, 2.75) is 77.5 Å². The van der Waals surface area contributed by atoms with Crippen molar-refractivity contribution in [3.8, 4) is 0 Å². The van der Waals surface area contributed by atoms with Crippen LogP contribution in [0.3, 0.4) is 0 Å². The summed E-state index contributed by atoms with van der Waals surface area (Å²) in [5, 5.41) is 23.9. The number of carbonyl (C=O) groups excluding carboxylic acids is 3. The van der Waals surface area contributed by atoms with Gasteiger partial charge in [-0.1, -0.05) is 27.7 Å². The maximum absolute atomic E-state index is 12.9. The molecule has 4 atom stereocenters. The SMILES string of the molecule is CC(C)CC(N)C(=O)NC(CO)C(=O)N1CCCC1C(=O)NC(CC(C)C)C(=O)O. The van der Waals surface area contributed by atoms with Gasteiger partial charge in [0.2, 0.25) is 17.7 Å². The smallest absolute Gasteiger partial charge is 0.326 e. The first-order valence-corrected chi connectivity index (χ1v) is 10.5. The van der Waals surface area contributed by atoms with Crippen molar-refractivity contribution in [2.75, 3.05) is 13.2 Å². The zero-order chi connectivity index (χ0) is 23.0. The molecule has 3 amide bonds. The lowest BCUT2D eigenvalue weighted by atomic mass is 10.0. The highest BCUT2D eigenvalue weighted by molar-refractivity contribution is 5.94. The van der Waals surface area contributed by atoms with Crippen molar-refractivity contribution >= 4 is 23.7 Å². The largest absolute Gasteiger partial charge is 0.480 e. The molecule has 30 heavy (non-hydrogen) atoms. The number of carboxylic acid groups (broad SMARTS) is 1. The van der Waals surface area contributed by atoms with Gasteiger partial charge in [0.1, 0.15) is 18.1 Å². The van der Waals surface area contributed by atoms with Crippen LogP contribution in [-0.4, -0.2) is 76.1 Å². The molecule has 1 fully saturated rings. The van der Waals surface area contributed by atoms with Gasteiger partial charge in [-0.2, -0.15) is 0 Å². The molecule has 1 heterocycles. The third kappa shape index (κ3) is 7.56. The Labute approximate surface area is 177 Å². The first-order chi connectivity index (χ1) is 14.0.